The van der Waals surface area contributed by atoms with Gasteiger partial charge in [-0.05, 0) is 18.2 Å². The molecule has 2 aromatic rings. The Morgan fingerprint density at radius 1 is 1.15 bits per heavy atom. The van der Waals surface area contributed by atoms with Crippen molar-refractivity contribution in [3.05, 3.63) is 47.7 Å². The van der Waals surface area contributed by atoms with Gasteiger partial charge in [-0.3, -0.25) is 4.79 Å². The first-order valence-electron chi connectivity index (χ1n) is 8.04. The van der Waals surface area contributed by atoms with Gasteiger partial charge in [0.25, 0.3) is 5.91 Å². The van der Waals surface area contributed by atoms with Crippen molar-refractivity contribution in [1.29, 1.82) is 0 Å². The van der Waals surface area contributed by atoms with Crippen LogP contribution >= 0.6 is 0 Å². The molecule has 0 atom stereocenters. The van der Waals surface area contributed by atoms with Gasteiger partial charge in [0.2, 0.25) is 5.88 Å². The topological polar surface area (TPSA) is 60.9 Å². The Kier molecular flexibility index (Phi) is 5.11. The first kappa shape index (κ1) is 18.8. The standard InChI is InChI=1S/C18H17F3N2O4/c1-25-11-6-7-13(14(8-11)26-2)17(24)23-9-12(10-23)27-16-5-3-4-15(22-16)18(19,20)21/h3-8,12H,9-10H2,1-2H3. The number of nitrogens with zero attached hydrogens (tertiary/aromatic N) is 2. The van der Waals surface area contributed by atoms with Gasteiger partial charge in [-0.25, -0.2) is 4.98 Å². The van der Waals surface area contributed by atoms with Crippen LogP contribution in [0, 0.1) is 0 Å². The highest BCUT2D eigenvalue weighted by atomic mass is 19.4. The average Bonchev–Trinajstić information content (AvgIpc) is 2.62. The van der Waals surface area contributed by atoms with Crippen LogP contribution in [0.3, 0.4) is 0 Å². The number of benzene rings is 1. The number of pyridine rings is 1. The molecule has 0 saturated carbocycles. The van der Waals surface area contributed by atoms with Gasteiger partial charge in [-0.1, -0.05) is 6.07 Å². The molecule has 1 amide bonds. The molecule has 0 bridgehead atoms. The zero-order valence-corrected chi connectivity index (χ0v) is 14.6. The summed E-state index contributed by atoms with van der Waals surface area (Å²) in [4.78, 5) is 17.5. The van der Waals surface area contributed by atoms with Crippen molar-refractivity contribution < 1.29 is 32.2 Å². The largest absolute Gasteiger partial charge is 0.497 e. The lowest BCUT2D eigenvalue weighted by atomic mass is 10.1. The maximum absolute atomic E-state index is 12.7. The molecule has 9 heteroatoms. The Balaban J connectivity index is 1.62. The fourth-order valence-corrected chi connectivity index (χ4v) is 2.63. The number of carbonyl (C=O) groups is 1. The summed E-state index contributed by atoms with van der Waals surface area (Å²) in [5, 5.41) is 0. The van der Waals surface area contributed by atoms with Crippen LogP contribution in [-0.4, -0.2) is 49.2 Å². The Morgan fingerprint density at radius 3 is 2.52 bits per heavy atom. The molecule has 1 saturated heterocycles. The summed E-state index contributed by atoms with van der Waals surface area (Å²) in [5.41, 5.74) is -0.649. The maximum Gasteiger partial charge on any atom is 0.433 e. The zero-order valence-electron chi connectivity index (χ0n) is 14.6. The third-order valence-electron chi connectivity index (χ3n) is 4.08. The minimum Gasteiger partial charge on any atom is -0.497 e. The zero-order chi connectivity index (χ0) is 19.6. The van der Waals surface area contributed by atoms with Gasteiger partial charge < -0.3 is 19.1 Å². The van der Waals surface area contributed by atoms with Gasteiger partial charge in [-0.15, -0.1) is 0 Å². The molecule has 144 valence electrons. The Labute approximate surface area is 153 Å². The van der Waals surface area contributed by atoms with Crippen LogP contribution in [0.5, 0.6) is 17.4 Å². The maximum atomic E-state index is 12.7. The minimum absolute atomic E-state index is 0.121. The molecule has 1 aliphatic heterocycles. The van der Waals surface area contributed by atoms with Crippen LogP contribution < -0.4 is 14.2 Å². The molecule has 0 spiro atoms. The van der Waals surface area contributed by atoms with Crippen molar-refractivity contribution >= 4 is 5.91 Å². The molecular weight excluding hydrogens is 365 g/mol. The van der Waals surface area contributed by atoms with E-state index in [0.29, 0.717) is 17.1 Å². The van der Waals surface area contributed by atoms with Crippen LogP contribution in [0.4, 0.5) is 13.2 Å². The molecule has 6 nitrogen and oxygen atoms in total. The number of likely N-dealkylation sites (tertiary alicyclic amines) is 1. The van der Waals surface area contributed by atoms with E-state index in [1.54, 1.807) is 18.2 Å². The summed E-state index contributed by atoms with van der Waals surface area (Å²) in [5.74, 6) is 0.558. The van der Waals surface area contributed by atoms with Gasteiger partial charge >= 0.3 is 6.18 Å². The van der Waals surface area contributed by atoms with Crippen LogP contribution in [0.1, 0.15) is 16.1 Å². The van der Waals surface area contributed by atoms with Crippen LogP contribution in [0.25, 0.3) is 0 Å². The molecule has 27 heavy (non-hydrogen) atoms. The number of aromatic nitrogens is 1. The predicted molar refractivity (Wildman–Crippen MR) is 89.1 cm³/mol. The number of ether oxygens (including phenoxy) is 3. The molecule has 1 aromatic heterocycles. The average molecular weight is 382 g/mol. The van der Waals surface area contributed by atoms with Crippen molar-refractivity contribution in [3.63, 3.8) is 0 Å². The van der Waals surface area contributed by atoms with Crippen molar-refractivity contribution in [2.75, 3.05) is 27.3 Å². The van der Waals surface area contributed by atoms with Gasteiger partial charge in [0.15, 0.2) is 0 Å². The molecule has 0 unspecified atom stereocenters. The lowest BCUT2D eigenvalue weighted by Gasteiger charge is -2.38. The number of alkyl halides is 3. The van der Waals surface area contributed by atoms with Crippen molar-refractivity contribution in [2.24, 2.45) is 0 Å². The number of hydrogen-bond acceptors (Lipinski definition) is 5. The quantitative estimate of drug-likeness (QED) is 0.796. The van der Waals surface area contributed by atoms with E-state index in [9.17, 15) is 18.0 Å². The fourth-order valence-electron chi connectivity index (χ4n) is 2.63. The van der Waals surface area contributed by atoms with Gasteiger partial charge in [0.1, 0.15) is 23.3 Å². The summed E-state index contributed by atoms with van der Waals surface area (Å²) in [6, 6.07) is 8.31. The second-order valence-corrected chi connectivity index (χ2v) is 5.88. The lowest BCUT2D eigenvalue weighted by molar-refractivity contribution is -0.141. The lowest BCUT2D eigenvalue weighted by Crippen LogP contribution is -2.56. The van der Waals surface area contributed by atoms with Crippen LogP contribution in [0.2, 0.25) is 0 Å². The van der Waals surface area contributed by atoms with Crippen molar-refractivity contribution in [3.8, 4) is 17.4 Å². The summed E-state index contributed by atoms with van der Waals surface area (Å²) >= 11 is 0. The number of halogens is 3. The molecule has 1 aliphatic rings. The van der Waals surface area contributed by atoms with Gasteiger partial charge in [0.05, 0.1) is 32.9 Å². The van der Waals surface area contributed by atoms with E-state index in [1.165, 1.54) is 31.3 Å². The highest BCUT2D eigenvalue weighted by Gasteiger charge is 2.36. The molecule has 1 aromatic carbocycles. The smallest absolute Gasteiger partial charge is 0.433 e. The number of rotatable bonds is 5. The van der Waals surface area contributed by atoms with E-state index in [4.69, 9.17) is 14.2 Å². The molecular formula is C18H17F3N2O4. The van der Waals surface area contributed by atoms with E-state index in [-0.39, 0.29) is 24.9 Å². The Hall–Kier alpha value is -2.97. The third-order valence-corrected chi connectivity index (χ3v) is 4.08. The predicted octanol–water partition coefficient (Wildman–Crippen LogP) is 3.02. The molecule has 1 fully saturated rings. The SMILES string of the molecule is COc1ccc(C(=O)N2CC(Oc3cccc(C(F)(F)F)n3)C2)c(OC)c1. The summed E-state index contributed by atoms with van der Waals surface area (Å²) in [6.45, 7) is 0.484. The molecule has 0 N–H and O–H groups in total. The number of methoxy groups -OCH3 is 2. The first-order chi connectivity index (χ1) is 12.8. The summed E-state index contributed by atoms with van der Waals surface area (Å²) in [6.07, 6.45) is -4.96. The van der Waals surface area contributed by atoms with Gasteiger partial charge in [0, 0.05) is 12.1 Å². The van der Waals surface area contributed by atoms with Crippen LogP contribution in [0.15, 0.2) is 36.4 Å². The second-order valence-electron chi connectivity index (χ2n) is 5.88. The van der Waals surface area contributed by atoms with E-state index < -0.39 is 18.0 Å². The van der Waals surface area contributed by atoms with Crippen molar-refractivity contribution in [2.45, 2.75) is 12.3 Å². The fraction of sp³-hybridized carbons (Fsp3) is 0.333. The number of carbonyl (C=O) groups excluding carboxylic acids is 1. The Morgan fingerprint density at radius 2 is 1.89 bits per heavy atom. The van der Waals surface area contributed by atoms with Gasteiger partial charge in [-0.2, -0.15) is 13.2 Å². The molecule has 0 aliphatic carbocycles. The van der Waals surface area contributed by atoms with E-state index in [0.717, 1.165) is 6.07 Å². The highest BCUT2D eigenvalue weighted by molar-refractivity contribution is 5.97. The van der Waals surface area contributed by atoms with E-state index in [2.05, 4.69) is 4.98 Å². The minimum atomic E-state index is -4.54. The van der Waals surface area contributed by atoms with Crippen LogP contribution in [-0.2, 0) is 6.18 Å². The molecule has 0 radical (unpaired) electrons. The number of hydrogen-bond donors (Lipinski definition) is 0. The third kappa shape index (κ3) is 4.07. The first-order valence-corrected chi connectivity index (χ1v) is 8.04. The normalized spacial score (nSPS) is 14.5. The Bertz CT molecular complexity index is 836. The summed E-state index contributed by atoms with van der Waals surface area (Å²) < 4.78 is 53.8. The molecule has 2 heterocycles. The highest BCUT2D eigenvalue weighted by Crippen LogP contribution is 2.30. The summed E-state index contributed by atoms with van der Waals surface area (Å²) in [7, 11) is 2.96. The number of amides is 1. The van der Waals surface area contributed by atoms with E-state index >= 15 is 0 Å². The monoisotopic (exact) mass is 382 g/mol. The second kappa shape index (κ2) is 7.34. The molecule has 3 rings (SSSR count). The van der Waals surface area contributed by atoms with E-state index in [1.807, 2.05) is 0 Å². The van der Waals surface area contributed by atoms with Crippen molar-refractivity contribution in [1.82, 2.24) is 9.88 Å².